The molecule has 0 amide bonds. The highest BCUT2D eigenvalue weighted by molar-refractivity contribution is 6.22. The average Bonchev–Trinajstić information content (AvgIpc) is 3.88. The second kappa shape index (κ2) is 15.8. The van der Waals surface area contributed by atoms with E-state index in [1.807, 2.05) is 24.3 Å². The maximum atomic E-state index is 16.1. The van der Waals surface area contributed by atoms with Gasteiger partial charge in [-0.25, -0.2) is 4.79 Å². The lowest BCUT2D eigenvalue weighted by atomic mass is 9.38. The Morgan fingerprint density at radius 2 is 1.74 bits per heavy atom. The van der Waals surface area contributed by atoms with Crippen molar-refractivity contribution in [2.45, 2.75) is 128 Å². The first-order valence-corrected chi connectivity index (χ1v) is 24.2. The van der Waals surface area contributed by atoms with Crippen LogP contribution in [0.1, 0.15) is 127 Å². The van der Waals surface area contributed by atoms with Crippen molar-refractivity contribution in [3.8, 4) is 17.2 Å². The molecule has 350 valence electrons. The third-order valence-electron chi connectivity index (χ3n) is 16.4. The molecule has 9 aliphatic rings. The number of fused-ring (bicyclic) bond motifs is 5. The number of carbonyl (C=O) groups is 3. The number of esters is 1. The summed E-state index contributed by atoms with van der Waals surface area (Å²) < 4.78 is 35.4. The van der Waals surface area contributed by atoms with Crippen LogP contribution >= 0.6 is 0 Å². The van der Waals surface area contributed by atoms with Gasteiger partial charge in [-0.15, -0.1) is 0 Å². The first-order valence-electron chi connectivity index (χ1n) is 24.2. The lowest BCUT2D eigenvalue weighted by Crippen LogP contribution is -2.82. The van der Waals surface area contributed by atoms with E-state index in [0.717, 1.165) is 64.8 Å². The fourth-order valence-corrected chi connectivity index (χ4v) is 14.0. The number of Topliss-reactive ketones (excluding diaryl/α,β-unsaturated/α-hetero) is 2. The van der Waals surface area contributed by atoms with Gasteiger partial charge in [0.1, 0.15) is 29.5 Å². The maximum absolute atomic E-state index is 16.1. The van der Waals surface area contributed by atoms with Crippen molar-refractivity contribution in [2.75, 3.05) is 40.0 Å². The van der Waals surface area contributed by atoms with Gasteiger partial charge in [0.25, 0.3) is 0 Å². The van der Waals surface area contributed by atoms with Crippen molar-refractivity contribution in [2.24, 2.45) is 23.7 Å². The van der Waals surface area contributed by atoms with Crippen LogP contribution in [-0.4, -0.2) is 89.9 Å². The third kappa shape index (κ3) is 6.07. The summed E-state index contributed by atoms with van der Waals surface area (Å²) in [7, 11) is 1.37. The summed E-state index contributed by atoms with van der Waals surface area (Å²) in [4.78, 5) is 46.9. The molecule has 8 atom stereocenters. The summed E-state index contributed by atoms with van der Waals surface area (Å²) in [6, 6.07) is 7.94. The summed E-state index contributed by atoms with van der Waals surface area (Å²) in [6.45, 7) is 18.4. The minimum Gasteiger partial charge on any atom is -0.491 e. The number of ether oxygens (including phenoxy) is 5. The Morgan fingerprint density at radius 1 is 0.985 bits per heavy atom. The Hall–Kier alpha value is -4.97. The molecule has 2 saturated heterocycles. The fraction of sp³-hybridized carbons (Fsp3) is 0.545. The minimum absolute atomic E-state index is 0.00995. The van der Waals surface area contributed by atoms with Crippen molar-refractivity contribution < 1.29 is 43.2 Å². The Bertz CT molecular complexity index is 2590. The average molecular weight is 899 g/mol. The molecule has 2 N–H and O–H groups in total. The fourth-order valence-electron chi connectivity index (χ4n) is 14.0. The van der Waals surface area contributed by atoms with Gasteiger partial charge in [0.2, 0.25) is 0 Å². The van der Waals surface area contributed by atoms with E-state index < -0.39 is 51.7 Å². The van der Waals surface area contributed by atoms with Gasteiger partial charge >= 0.3 is 5.97 Å². The first-order chi connectivity index (χ1) is 31.5. The van der Waals surface area contributed by atoms with Gasteiger partial charge in [-0.1, -0.05) is 53.6 Å². The number of ketones is 2. The number of hydrogen-bond acceptors (Lipinski definition) is 11. The first kappa shape index (κ1) is 44.8. The topological polar surface area (TPSA) is 133 Å². The van der Waals surface area contributed by atoms with Crippen LogP contribution in [0.3, 0.4) is 0 Å². The second-order valence-corrected chi connectivity index (χ2v) is 21.2. The van der Waals surface area contributed by atoms with Crippen LogP contribution in [0, 0.1) is 23.7 Å². The molecule has 3 saturated carbocycles. The molecule has 0 radical (unpaired) electrons. The van der Waals surface area contributed by atoms with Crippen LogP contribution in [0.25, 0.3) is 11.8 Å². The molecular weight excluding hydrogens is 833 g/mol. The number of benzene rings is 2. The third-order valence-corrected chi connectivity index (χ3v) is 16.4. The number of rotatable bonds is 14. The zero-order valence-electron chi connectivity index (χ0n) is 40.2. The Labute approximate surface area is 389 Å². The highest BCUT2D eigenvalue weighted by Crippen LogP contribution is 2.80. The zero-order chi connectivity index (χ0) is 46.7. The lowest BCUT2D eigenvalue weighted by molar-refractivity contribution is -0.243. The molecule has 2 spiro atoms. The number of nitrogens with one attached hydrogen (secondary N) is 1. The highest BCUT2D eigenvalue weighted by Gasteiger charge is 2.89. The number of allylic oxidation sites excluding steroid dienone is 5. The SMILES string of the molecule is COC(=O)C(C)=CCC12OC(C)(C)C3CC(C1=O)C1C4=C(c5ccccc5C4=O)N4CCCC45c4c(OCCNCCO)c6c(c(CC=C(C)C)c4OC32C15)OC(C)(CCC=C(C)C)C=C6. The molecule has 11 rings (SSSR count). The maximum Gasteiger partial charge on any atom is 0.333 e. The van der Waals surface area contributed by atoms with Gasteiger partial charge < -0.3 is 39.0 Å². The van der Waals surface area contributed by atoms with Gasteiger partial charge in [-0.05, 0) is 106 Å². The molecule has 5 heterocycles. The summed E-state index contributed by atoms with van der Waals surface area (Å²) >= 11 is 0. The molecule has 5 aliphatic heterocycles. The molecule has 4 aliphatic carbocycles. The van der Waals surface area contributed by atoms with Crippen molar-refractivity contribution in [1.29, 1.82) is 0 Å². The Morgan fingerprint density at radius 3 is 2.47 bits per heavy atom. The number of aliphatic hydroxyl groups excluding tert-OH is 1. The smallest absolute Gasteiger partial charge is 0.333 e. The van der Waals surface area contributed by atoms with Gasteiger partial charge in [0, 0.05) is 77.6 Å². The summed E-state index contributed by atoms with van der Waals surface area (Å²) in [6.07, 6.45) is 14.9. The van der Waals surface area contributed by atoms with Crippen molar-refractivity contribution in [1.82, 2.24) is 10.2 Å². The van der Waals surface area contributed by atoms with Crippen LogP contribution in [0.4, 0.5) is 0 Å². The van der Waals surface area contributed by atoms with Crippen LogP contribution in [0.15, 0.2) is 70.9 Å². The van der Waals surface area contributed by atoms with E-state index in [-0.39, 0.29) is 30.5 Å². The normalized spacial score (nSPS) is 32.1. The molecule has 5 fully saturated rings. The highest BCUT2D eigenvalue weighted by atomic mass is 16.6. The number of aliphatic hydroxyl groups is 1. The molecule has 11 heteroatoms. The molecule has 66 heavy (non-hydrogen) atoms. The Kier molecular flexibility index (Phi) is 10.7. The number of nitrogens with zero attached hydrogens (tertiary/aromatic N) is 1. The molecule has 4 bridgehead atoms. The van der Waals surface area contributed by atoms with Gasteiger partial charge in [-0.2, -0.15) is 0 Å². The van der Waals surface area contributed by atoms with E-state index in [4.69, 9.17) is 23.7 Å². The van der Waals surface area contributed by atoms with Crippen LogP contribution in [-0.2, 0) is 31.0 Å². The van der Waals surface area contributed by atoms with Crippen LogP contribution in [0.2, 0.25) is 0 Å². The molecular formula is C55H66N2O9. The molecule has 2 aromatic carbocycles. The molecule has 11 nitrogen and oxygen atoms in total. The standard InChI is InChI=1S/C55H66N2O9/c1-31(2)14-12-21-52(8)23-20-37-45(64-52)36(18-17-32(3)4)47-42(46(37)63-29-26-56-25-28-58)53-22-13-27-57(53)43-34-15-10-11-16-35(34)44(59)41(43)40-38-30-39-51(6,7)66-54(49(38)60,55(39,65-47)48(40)53)24-19-33(5)50(61)62-9/h10-11,14-17,19-20,23,38-40,48,56,58H,12-13,18,21-22,24-30H2,1-9H3. The monoisotopic (exact) mass is 898 g/mol. The lowest BCUT2D eigenvalue weighted by Gasteiger charge is -2.71. The second-order valence-electron chi connectivity index (χ2n) is 21.2. The predicted molar refractivity (Wildman–Crippen MR) is 252 cm³/mol. The Balaban J connectivity index is 1.32. The quantitative estimate of drug-likeness (QED) is 0.0818. The minimum atomic E-state index is -1.51. The van der Waals surface area contributed by atoms with Crippen molar-refractivity contribution >= 4 is 29.3 Å². The largest absolute Gasteiger partial charge is 0.491 e. The van der Waals surface area contributed by atoms with E-state index in [1.165, 1.54) is 12.7 Å². The number of methoxy groups -OCH3 is 1. The number of carbonyl (C=O) groups excluding carboxylic acids is 3. The van der Waals surface area contributed by atoms with Crippen LogP contribution < -0.4 is 19.5 Å². The summed E-state index contributed by atoms with van der Waals surface area (Å²) in [5, 5.41) is 13.0. The van der Waals surface area contributed by atoms with Crippen molar-refractivity contribution in [3.05, 3.63) is 98.7 Å². The molecule has 2 aromatic rings. The molecule has 8 unspecified atom stereocenters. The number of hydrogen-bond donors (Lipinski definition) is 2. The van der Waals surface area contributed by atoms with E-state index in [1.54, 1.807) is 6.92 Å². The van der Waals surface area contributed by atoms with E-state index in [0.29, 0.717) is 67.5 Å². The van der Waals surface area contributed by atoms with Gasteiger partial charge in [-0.3, -0.25) is 9.59 Å². The zero-order valence-corrected chi connectivity index (χ0v) is 40.2. The van der Waals surface area contributed by atoms with E-state index in [9.17, 15) is 9.90 Å². The summed E-state index contributed by atoms with van der Waals surface area (Å²) in [5.41, 5.74) is 3.62. The van der Waals surface area contributed by atoms with E-state index >= 15 is 9.59 Å². The predicted octanol–water partition coefficient (Wildman–Crippen LogP) is 8.62. The van der Waals surface area contributed by atoms with E-state index in [2.05, 4.69) is 89.1 Å². The van der Waals surface area contributed by atoms with Crippen molar-refractivity contribution in [3.63, 3.8) is 0 Å². The van der Waals surface area contributed by atoms with Gasteiger partial charge in [0.05, 0.1) is 41.7 Å². The van der Waals surface area contributed by atoms with Crippen LogP contribution in [0.5, 0.6) is 17.2 Å². The molecule has 0 aromatic heterocycles. The van der Waals surface area contributed by atoms with Gasteiger partial charge in [0.15, 0.2) is 22.8 Å². The summed E-state index contributed by atoms with van der Waals surface area (Å²) in [5.74, 6) is -0.186.